The van der Waals surface area contributed by atoms with Crippen LogP contribution in [0.4, 0.5) is 0 Å². The summed E-state index contributed by atoms with van der Waals surface area (Å²) in [6.45, 7) is 2.20. The Hall–Kier alpha value is -0.530. The number of hydrogen-bond acceptors (Lipinski definition) is 1. The van der Waals surface area contributed by atoms with Gasteiger partial charge in [0, 0.05) is 12.0 Å². The number of carbonyl (C=O) groups excluding carboxylic acids is 1. The maximum absolute atomic E-state index is 12.1. The Kier molecular flexibility index (Phi) is 2.92. The minimum atomic E-state index is 0.346. The topological polar surface area (TPSA) is 29.1 Å². The fourth-order valence-electron chi connectivity index (χ4n) is 4.17. The second-order valence-electron chi connectivity index (χ2n) is 6.80. The first kappa shape index (κ1) is 11.6. The van der Waals surface area contributed by atoms with Gasteiger partial charge in [-0.05, 0) is 56.8 Å². The third kappa shape index (κ3) is 2.11. The lowest BCUT2D eigenvalue weighted by atomic mass is 9.51. The summed E-state index contributed by atoms with van der Waals surface area (Å²) in [6.07, 6.45) is 11.9. The number of rotatable bonds is 3. The van der Waals surface area contributed by atoms with Gasteiger partial charge in [0.05, 0.1) is 0 Å². The van der Waals surface area contributed by atoms with Gasteiger partial charge in [0.2, 0.25) is 5.91 Å². The Bertz CT molecular complexity index is 294. The number of amides is 1. The van der Waals surface area contributed by atoms with Crippen LogP contribution >= 0.6 is 0 Å². The van der Waals surface area contributed by atoms with Gasteiger partial charge in [-0.3, -0.25) is 4.79 Å². The molecule has 1 spiro atoms. The van der Waals surface area contributed by atoms with Crippen LogP contribution < -0.4 is 5.32 Å². The van der Waals surface area contributed by atoms with Crippen molar-refractivity contribution < 1.29 is 4.79 Å². The molecule has 3 aliphatic rings. The average Bonchev–Trinajstić information content (AvgIpc) is 2.65. The van der Waals surface area contributed by atoms with Crippen molar-refractivity contribution in [2.24, 2.45) is 17.3 Å². The molecule has 0 heterocycles. The highest BCUT2D eigenvalue weighted by molar-refractivity contribution is 5.80. The molecule has 0 radical (unpaired) electrons. The van der Waals surface area contributed by atoms with Crippen LogP contribution in [0.3, 0.4) is 0 Å². The van der Waals surface area contributed by atoms with Gasteiger partial charge in [0.25, 0.3) is 0 Å². The van der Waals surface area contributed by atoms with Crippen LogP contribution in [0, 0.1) is 17.3 Å². The largest absolute Gasteiger partial charge is 0.353 e. The first-order valence-corrected chi connectivity index (χ1v) is 7.49. The van der Waals surface area contributed by atoms with E-state index in [1.165, 1.54) is 57.8 Å². The molecule has 0 aliphatic heterocycles. The molecule has 2 nitrogen and oxygen atoms in total. The maximum Gasteiger partial charge on any atom is 0.223 e. The van der Waals surface area contributed by atoms with Crippen molar-refractivity contribution in [3.05, 3.63) is 0 Å². The van der Waals surface area contributed by atoms with Crippen molar-refractivity contribution >= 4 is 5.91 Å². The van der Waals surface area contributed by atoms with E-state index in [0.29, 0.717) is 23.3 Å². The van der Waals surface area contributed by atoms with E-state index in [9.17, 15) is 4.79 Å². The fraction of sp³-hybridized carbons (Fsp3) is 0.933. The van der Waals surface area contributed by atoms with Gasteiger partial charge < -0.3 is 5.32 Å². The predicted molar refractivity (Wildman–Crippen MR) is 68.6 cm³/mol. The molecule has 1 N–H and O–H groups in total. The molecule has 2 heteroatoms. The first-order valence-electron chi connectivity index (χ1n) is 7.49. The molecule has 3 rings (SSSR count). The quantitative estimate of drug-likeness (QED) is 0.799. The summed E-state index contributed by atoms with van der Waals surface area (Å²) < 4.78 is 0. The van der Waals surface area contributed by atoms with Gasteiger partial charge in [0.1, 0.15) is 0 Å². The Morgan fingerprint density at radius 3 is 2.35 bits per heavy atom. The SMILES string of the molecule is CC(NC(=O)C1CC2(CCC2)C1)C1CCCC1. The van der Waals surface area contributed by atoms with Gasteiger partial charge in [0.15, 0.2) is 0 Å². The lowest BCUT2D eigenvalue weighted by Crippen LogP contribution is -2.51. The lowest BCUT2D eigenvalue weighted by molar-refractivity contribution is -0.137. The molecular weight excluding hydrogens is 210 g/mol. The monoisotopic (exact) mass is 235 g/mol. The highest BCUT2D eigenvalue weighted by Gasteiger charge is 2.50. The molecule has 17 heavy (non-hydrogen) atoms. The Balaban J connectivity index is 1.44. The zero-order chi connectivity index (χ0) is 11.9. The van der Waals surface area contributed by atoms with Crippen molar-refractivity contribution in [2.75, 3.05) is 0 Å². The molecular formula is C15H25NO. The van der Waals surface area contributed by atoms with Crippen LogP contribution in [0.2, 0.25) is 0 Å². The average molecular weight is 235 g/mol. The lowest BCUT2D eigenvalue weighted by Gasteiger charge is -2.53. The molecule has 3 fully saturated rings. The Morgan fingerprint density at radius 1 is 1.18 bits per heavy atom. The molecule has 0 aromatic heterocycles. The molecule has 3 saturated carbocycles. The highest BCUT2D eigenvalue weighted by Crippen LogP contribution is 2.58. The molecule has 1 unspecified atom stereocenters. The van der Waals surface area contributed by atoms with Crippen LogP contribution in [0.1, 0.15) is 64.7 Å². The molecule has 1 amide bonds. The van der Waals surface area contributed by atoms with Crippen LogP contribution in [0.15, 0.2) is 0 Å². The van der Waals surface area contributed by atoms with Gasteiger partial charge in [-0.15, -0.1) is 0 Å². The normalized spacial score (nSPS) is 29.7. The highest BCUT2D eigenvalue weighted by atomic mass is 16.2. The minimum Gasteiger partial charge on any atom is -0.353 e. The van der Waals surface area contributed by atoms with Crippen molar-refractivity contribution in [2.45, 2.75) is 70.8 Å². The molecule has 0 aromatic carbocycles. The van der Waals surface area contributed by atoms with Crippen molar-refractivity contribution in [1.82, 2.24) is 5.32 Å². The minimum absolute atomic E-state index is 0.346. The molecule has 0 aromatic rings. The van der Waals surface area contributed by atoms with Gasteiger partial charge in [-0.1, -0.05) is 19.3 Å². The standard InChI is InChI=1S/C15H25NO/c1-11(12-5-2-3-6-12)16-14(17)13-9-15(10-13)7-4-8-15/h11-13H,2-10H2,1H3,(H,16,17). The summed E-state index contributed by atoms with van der Waals surface area (Å²) in [5.74, 6) is 1.44. The predicted octanol–water partition coefficient (Wildman–Crippen LogP) is 3.26. The second-order valence-corrected chi connectivity index (χ2v) is 6.80. The van der Waals surface area contributed by atoms with Gasteiger partial charge in [-0.25, -0.2) is 0 Å². The number of hydrogen-bond donors (Lipinski definition) is 1. The number of carbonyl (C=O) groups is 1. The zero-order valence-corrected chi connectivity index (χ0v) is 11.0. The van der Waals surface area contributed by atoms with E-state index < -0.39 is 0 Å². The zero-order valence-electron chi connectivity index (χ0n) is 11.0. The van der Waals surface area contributed by atoms with Gasteiger partial charge in [-0.2, -0.15) is 0 Å². The van der Waals surface area contributed by atoms with E-state index in [1.54, 1.807) is 0 Å². The summed E-state index contributed by atoms with van der Waals surface area (Å²) in [5, 5.41) is 3.27. The summed E-state index contributed by atoms with van der Waals surface area (Å²) in [5.41, 5.74) is 0.624. The van der Waals surface area contributed by atoms with Crippen molar-refractivity contribution in [3.8, 4) is 0 Å². The molecule has 0 saturated heterocycles. The molecule has 3 aliphatic carbocycles. The summed E-state index contributed by atoms with van der Waals surface area (Å²) in [4.78, 5) is 12.1. The van der Waals surface area contributed by atoms with Crippen LogP contribution in [0.25, 0.3) is 0 Å². The van der Waals surface area contributed by atoms with E-state index in [4.69, 9.17) is 0 Å². The van der Waals surface area contributed by atoms with Crippen LogP contribution in [-0.4, -0.2) is 11.9 Å². The number of nitrogens with one attached hydrogen (secondary N) is 1. The third-order valence-electron chi connectivity index (χ3n) is 5.62. The maximum atomic E-state index is 12.1. The van der Waals surface area contributed by atoms with Crippen molar-refractivity contribution in [3.63, 3.8) is 0 Å². The molecule has 0 bridgehead atoms. The summed E-state index contributed by atoms with van der Waals surface area (Å²) in [7, 11) is 0. The molecule has 96 valence electrons. The summed E-state index contributed by atoms with van der Waals surface area (Å²) >= 11 is 0. The third-order valence-corrected chi connectivity index (χ3v) is 5.62. The summed E-state index contributed by atoms with van der Waals surface area (Å²) in [6, 6.07) is 0.406. The van der Waals surface area contributed by atoms with Crippen molar-refractivity contribution in [1.29, 1.82) is 0 Å². The van der Waals surface area contributed by atoms with Crippen LogP contribution in [0.5, 0.6) is 0 Å². The van der Waals surface area contributed by atoms with E-state index in [-0.39, 0.29) is 0 Å². The second kappa shape index (κ2) is 4.29. The Morgan fingerprint density at radius 2 is 1.82 bits per heavy atom. The van der Waals surface area contributed by atoms with E-state index in [0.717, 1.165) is 5.92 Å². The van der Waals surface area contributed by atoms with E-state index in [2.05, 4.69) is 12.2 Å². The van der Waals surface area contributed by atoms with Crippen LogP contribution in [-0.2, 0) is 4.79 Å². The molecule has 1 atom stereocenters. The Labute approximate surface area is 105 Å². The van der Waals surface area contributed by atoms with Gasteiger partial charge >= 0.3 is 0 Å². The smallest absolute Gasteiger partial charge is 0.223 e. The van der Waals surface area contributed by atoms with E-state index in [1.807, 2.05) is 0 Å². The fourth-order valence-corrected chi connectivity index (χ4v) is 4.17. The first-order chi connectivity index (χ1) is 8.19. The van der Waals surface area contributed by atoms with E-state index >= 15 is 0 Å².